The standard InChI is InChI=1S/C24H27N5O2S/c1-3-17-10-12-19(13-11-17)25-24(31)29-14-6-8-18(15-29)22-27-28-23(32-22)21(30)26-20-9-5-4-7-16(20)2/h4-5,7,9-13,18H,3,6,8,14-15H2,1-2H3,(H,25,31)(H,26,30)/t18-/m1/s1. The number of rotatable bonds is 5. The van der Waals surface area contributed by atoms with Crippen molar-refractivity contribution in [2.75, 3.05) is 23.7 Å². The smallest absolute Gasteiger partial charge is 0.321 e. The Bertz CT molecular complexity index is 1100. The maximum absolute atomic E-state index is 12.8. The maximum Gasteiger partial charge on any atom is 0.321 e. The van der Waals surface area contributed by atoms with Crippen LogP contribution in [0, 0.1) is 6.92 Å². The fourth-order valence-corrected chi connectivity index (χ4v) is 4.63. The minimum atomic E-state index is -0.260. The van der Waals surface area contributed by atoms with Gasteiger partial charge in [-0.15, -0.1) is 10.2 Å². The first-order valence-electron chi connectivity index (χ1n) is 10.9. The molecule has 0 saturated carbocycles. The fraction of sp³-hybridized carbons (Fsp3) is 0.333. The van der Waals surface area contributed by atoms with Gasteiger partial charge in [-0.3, -0.25) is 4.79 Å². The van der Waals surface area contributed by atoms with Crippen molar-refractivity contribution in [2.24, 2.45) is 0 Å². The van der Waals surface area contributed by atoms with Gasteiger partial charge in [-0.1, -0.05) is 48.6 Å². The van der Waals surface area contributed by atoms with Crippen LogP contribution in [0.25, 0.3) is 0 Å². The summed E-state index contributed by atoms with van der Waals surface area (Å²) in [4.78, 5) is 27.2. The van der Waals surface area contributed by atoms with Gasteiger partial charge < -0.3 is 15.5 Å². The van der Waals surface area contributed by atoms with Crippen molar-refractivity contribution in [2.45, 2.75) is 39.0 Å². The number of urea groups is 1. The summed E-state index contributed by atoms with van der Waals surface area (Å²) in [7, 11) is 0. The molecule has 2 N–H and O–H groups in total. The Morgan fingerprint density at radius 2 is 1.88 bits per heavy atom. The molecule has 7 nitrogen and oxygen atoms in total. The highest BCUT2D eigenvalue weighted by atomic mass is 32.1. The molecular formula is C24H27N5O2S. The highest BCUT2D eigenvalue weighted by molar-refractivity contribution is 7.13. The summed E-state index contributed by atoms with van der Waals surface area (Å²) in [5.41, 5.74) is 3.78. The number of hydrogen-bond donors (Lipinski definition) is 2. The van der Waals surface area contributed by atoms with Gasteiger partial charge in [-0.05, 0) is 55.5 Å². The third kappa shape index (κ3) is 5.13. The van der Waals surface area contributed by atoms with Crippen LogP contribution in [0.15, 0.2) is 48.5 Å². The van der Waals surface area contributed by atoms with Crippen molar-refractivity contribution in [1.29, 1.82) is 0 Å². The predicted molar refractivity (Wildman–Crippen MR) is 127 cm³/mol. The molecule has 1 atom stereocenters. The van der Waals surface area contributed by atoms with Crippen molar-refractivity contribution < 1.29 is 9.59 Å². The average molecular weight is 450 g/mol. The van der Waals surface area contributed by atoms with Gasteiger partial charge in [0.15, 0.2) is 0 Å². The van der Waals surface area contributed by atoms with E-state index in [-0.39, 0.29) is 17.9 Å². The number of hydrogen-bond acceptors (Lipinski definition) is 5. The first-order chi connectivity index (χ1) is 15.5. The molecule has 1 aromatic heterocycles. The molecule has 0 unspecified atom stereocenters. The number of amides is 3. The number of anilines is 2. The van der Waals surface area contributed by atoms with Crippen LogP contribution in [0.3, 0.4) is 0 Å². The van der Waals surface area contributed by atoms with Gasteiger partial charge in [-0.25, -0.2) is 4.79 Å². The van der Waals surface area contributed by atoms with Crippen LogP contribution in [-0.4, -0.2) is 40.1 Å². The molecule has 1 aliphatic heterocycles. The van der Waals surface area contributed by atoms with E-state index in [2.05, 4.69) is 27.8 Å². The Labute approximate surface area is 191 Å². The van der Waals surface area contributed by atoms with E-state index in [9.17, 15) is 9.59 Å². The number of aryl methyl sites for hydroxylation is 2. The van der Waals surface area contributed by atoms with E-state index in [1.54, 1.807) is 0 Å². The molecule has 8 heteroatoms. The number of benzene rings is 2. The van der Waals surface area contributed by atoms with Crippen molar-refractivity contribution >= 4 is 34.6 Å². The summed E-state index contributed by atoms with van der Waals surface area (Å²) in [5, 5.41) is 15.4. The summed E-state index contributed by atoms with van der Waals surface area (Å²) in [6, 6.07) is 15.4. The second-order valence-corrected chi connectivity index (χ2v) is 8.99. The van der Waals surface area contributed by atoms with Crippen molar-refractivity contribution in [1.82, 2.24) is 15.1 Å². The summed E-state index contributed by atoms with van der Waals surface area (Å²) in [5.74, 6) is -0.182. The number of carbonyl (C=O) groups is 2. The number of likely N-dealkylation sites (tertiary alicyclic amines) is 1. The zero-order valence-corrected chi connectivity index (χ0v) is 19.1. The van der Waals surface area contributed by atoms with Gasteiger partial charge in [0, 0.05) is 30.4 Å². The van der Waals surface area contributed by atoms with Crippen molar-refractivity contribution in [3.8, 4) is 0 Å². The fourth-order valence-electron chi connectivity index (χ4n) is 3.77. The van der Waals surface area contributed by atoms with Crippen molar-refractivity contribution in [3.05, 3.63) is 69.7 Å². The van der Waals surface area contributed by atoms with Crippen LogP contribution in [0.4, 0.5) is 16.2 Å². The van der Waals surface area contributed by atoms with Crippen molar-refractivity contribution in [3.63, 3.8) is 0 Å². The predicted octanol–water partition coefficient (Wildman–Crippen LogP) is 5.07. The van der Waals surface area contributed by atoms with E-state index in [4.69, 9.17) is 0 Å². The maximum atomic E-state index is 12.8. The number of nitrogens with one attached hydrogen (secondary N) is 2. The van der Waals surface area contributed by atoms with Gasteiger partial charge in [0.2, 0.25) is 5.01 Å². The Hall–Kier alpha value is -3.26. The largest absolute Gasteiger partial charge is 0.324 e. The van der Waals surface area contributed by atoms with Crippen LogP contribution in [0.5, 0.6) is 0 Å². The van der Waals surface area contributed by atoms with E-state index in [1.807, 2.05) is 60.4 Å². The highest BCUT2D eigenvalue weighted by Crippen LogP contribution is 2.30. The quantitative estimate of drug-likeness (QED) is 0.569. The van der Waals surface area contributed by atoms with Gasteiger partial charge in [0.25, 0.3) is 5.91 Å². The van der Waals surface area contributed by atoms with Gasteiger partial charge in [0.1, 0.15) is 5.01 Å². The first-order valence-corrected chi connectivity index (χ1v) is 11.7. The summed E-state index contributed by atoms with van der Waals surface area (Å²) >= 11 is 1.30. The molecule has 1 aliphatic rings. The number of para-hydroxylation sites is 1. The average Bonchev–Trinajstić information content (AvgIpc) is 3.32. The molecule has 1 fully saturated rings. The second kappa shape index (κ2) is 9.91. The van der Waals surface area contributed by atoms with Crippen LogP contribution < -0.4 is 10.6 Å². The lowest BCUT2D eigenvalue weighted by Crippen LogP contribution is -2.41. The molecule has 32 heavy (non-hydrogen) atoms. The third-order valence-corrected chi connectivity index (χ3v) is 6.78. The minimum absolute atomic E-state index is 0.0782. The third-order valence-electron chi connectivity index (χ3n) is 5.70. The van der Waals surface area contributed by atoms with E-state index in [0.29, 0.717) is 18.1 Å². The Morgan fingerprint density at radius 1 is 1.09 bits per heavy atom. The van der Waals surface area contributed by atoms with E-state index in [1.165, 1.54) is 16.9 Å². The lowest BCUT2D eigenvalue weighted by molar-refractivity contribution is 0.102. The summed E-state index contributed by atoms with van der Waals surface area (Å²) in [6.45, 7) is 5.31. The van der Waals surface area contributed by atoms with Crippen LogP contribution in [-0.2, 0) is 6.42 Å². The zero-order chi connectivity index (χ0) is 22.5. The Kier molecular flexibility index (Phi) is 6.80. The number of carbonyl (C=O) groups excluding carboxylic acids is 2. The lowest BCUT2D eigenvalue weighted by Gasteiger charge is -2.31. The molecule has 0 spiro atoms. The lowest BCUT2D eigenvalue weighted by atomic mass is 9.99. The van der Waals surface area contributed by atoms with Crippen LogP contribution in [0.1, 0.15) is 51.6 Å². The Morgan fingerprint density at radius 3 is 2.62 bits per heavy atom. The molecule has 2 heterocycles. The minimum Gasteiger partial charge on any atom is -0.324 e. The molecule has 0 bridgehead atoms. The molecule has 4 rings (SSSR count). The molecule has 3 aromatic rings. The van der Waals surface area contributed by atoms with Gasteiger partial charge in [0.05, 0.1) is 0 Å². The Balaban J connectivity index is 1.38. The normalized spacial score (nSPS) is 15.9. The summed E-state index contributed by atoms with van der Waals surface area (Å²) in [6.07, 6.45) is 2.77. The SMILES string of the molecule is CCc1ccc(NC(=O)N2CCC[C@@H](c3nnc(C(=O)Nc4ccccc4C)s3)C2)cc1. The summed E-state index contributed by atoms with van der Waals surface area (Å²) < 4.78 is 0. The second-order valence-electron chi connectivity index (χ2n) is 7.98. The van der Waals surface area contributed by atoms with Crippen LogP contribution in [0.2, 0.25) is 0 Å². The van der Waals surface area contributed by atoms with E-state index < -0.39 is 0 Å². The molecular weight excluding hydrogens is 422 g/mol. The first kappa shape index (κ1) is 22.0. The number of nitrogens with zero attached hydrogens (tertiary/aromatic N) is 3. The van der Waals surface area contributed by atoms with Gasteiger partial charge in [-0.2, -0.15) is 0 Å². The number of aromatic nitrogens is 2. The molecule has 1 saturated heterocycles. The molecule has 3 amide bonds. The topological polar surface area (TPSA) is 87.2 Å². The van der Waals surface area contributed by atoms with Crippen LogP contribution >= 0.6 is 11.3 Å². The van der Waals surface area contributed by atoms with E-state index in [0.717, 1.165) is 41.2 Å². The molecule has 2 aromatic carbocycles. The van der Waals surface area contributed by atoms with Gasteiger partial charge >= 0.3 is 6.03 Å². The van der Waals surface area contributed by atoms with E-state index >= 15 is 0 Å². The number of piperidine rings is 1. The molecule has 166 valence electrons. The monoisotopic (exact) mass is 449 g/mol. The molecule has 0 radical (unpaired) electrons. The highest BCUT2D eigenvalue weighted by Gasteiger charge is 2.28. The molecule has 0 aliphatic carbocycles. The zero-order valence-electron chi connectivity index (χ0n) is 18.3.